The summed E-state index contributed by atoms with van der Waals surface area (Å²) in [5.74, 6) is -1.86. The Balaban J connectivity index is 2.28. The molecule has 0 bridgehead atoms. The molecule has 0 aliphatic carbocycles. The molecule has 0 aromatic heterocycles. The number of phenols is 1. The maximum Gasteiger partial charge on any atom is 0.339 e. The van der Waals surface area contributed by atoms with E-state index in [0.29, 0.717) is 10.8 Å². The standard InChI is InChI=1S/C15H12ClNO5/c1-22-13-5-2-8(16)6-11(13)14(19)17-9-3-4-10(15(20)21)12(18)7-9/h2-7,18H,1H3,(H,17,19)(H,20,21). The highest BCUT2D eigenvalue weighted by Gasteiger charge is 2.15. The van der Waals surface area contributed by atoms with Gasteiger partial charge in [0.05, 0.1) is 12.7 Å². The summed E-state index contributed by atoms with van der Waals surface area (Å²) in [6.07, 6.45) is 0. The molecule has 0 spiro atoms. The number of benzene rings is 2. The van der Waals surface area contributed by atoms with Crippen LogP contribution >= 0.6 is 11.6 Å². The molecule has 0 atom stereocenters. The van der Waals surface area contributed by atoms with Crippen molar-refractivity contribution in [3.8, 4) is 11.5 Å². The van der Waals surface area contributed by atoms with E-state index in [1.165, 1.54) is 25.3 Å². The number of rotatable bonds is 4. The van der Waals surface area contributed by atoms with Gasteiger partial charge in [-0.1, -0.05) is 11.6 Å². The van der Waals surface area contributed by atoms with Gasteiger partial charge in [0.15, 0.2) is 0 Å². The maximum atomic E-state index is 12.2. The lowest BCUT2D eigenvalue weighted by Gasteiger charge is -2.10. The Morgan fingerprint density at radius 3 is 2.45 bits per heavy atom. The van der Waals surface area contributed by atoms with Gasteiger partial charge in [0.25, 0.3) is 5.91 Å². The molecule has 1 amide bonds. The molecule has 2 rings (SSSR count). The van der Waals surface area contributed by atoms with Crippen LogP contribution in [0, 0.1) is 0 Å². The van der Waals surface area contributed by atoms with Crippen molar-refractivity contribution in [2.45, 2.75) is 0 Å². The van der Waals surface area contributed by atoms with Crippen molar-refractivity contribution in [3.63, 3.8) is 0 Å². The summed E-state index contributed by atoms with van der Waals surface area (Å²) in [6.45, 7) is 0. The molecule has 0 unspecified atom stereocenters. The monoisotopic (exact) mass is 321 g/mol. The van der Waals surface area contributed by atoms with Crippen molar-refractivity contribution >= 4 is 29.2 Å². The second-order valence-corrected chi connectivity index (χ2v) is 4.77. The minimum Gasteiger partial charge on any atom is -0.507 e. The summed E-state index contributed by atoms with van der Waals surface area (Å²) in [5, 5.41) is 21.4. The van der Waals surface area contributed by atoms with Gasteiger partial charge >= 0.3 is 5.97 Å². The number of carboxylic acids is 1. The van der Waals surface area contributed by atoms with E-state index < -0.39 is 17.6 Å². The predicted molar refractivity (Wildman–Crippen MR) is 81.0 cm³/mol. The lowest BCUT2D eigenvalue weighted by molar-refractivity contribution is 0.0693. The van der Waals surface area contributed by atoms with E-state index in [9.17, 15) is 14.7 Å². The van der Waals surface area contributed by atoms with Gasteiger partial charge in [-0.3, -0.25) is 4.79 Å². The number of aromatic carboxylic acids is 1. The molecule has 0 radical (unpaired) electrons. The molecular formula is C15H12ClNO5. The Morgan fingerprint density at radius 2 is 1.86 bits per heavy atom. The van der Waals surface area contributed by atoms with Gasteiger partial charge < -0.3 is 20.3 Å². The number of hydrogen-bond acceptors (Lipinski definition) is 4. The number of carboxylic acid groups (broad SMARTS) is 1. The minimum atomic E-state index is -1.26. The van der Waals surface area contributed by atoms with Crippen LogP contribution in [0.25, 0.3) is 0 Å². The van der Waals surface area contributed by atoms with Crippen LogP contribution in [0.1, 0.15) is 20.7 Å². The lowest BCUT2D eigenvalue weighted by atomic mass is 10.1. The fourth-order valence-electron chi connectivity index (χ4n) is 1.85. The van der Waals surface area contributed by atoms with Gasteiger partial charge in [-0.25, -0.2) is 4.79 Å². The quantitative estimate of drug-likeness (QED) is 0.804. The first kappa shape index (κ1) is 15.7. The maximum absolute atomic E-state index is 12.2. The number of anilines is 1. The van der Waals surface area contributed by atoms with Crippen LogP contribution in [-0.4, -0.2) is 29.2 Å². The first-order chi connectivity index (χ1) is 10.4. The minimum absolute atomic E-state index is 0.219. The molecule has 0 heterocycles. The number of halogens is 1. The molecule has 0 aliphatic rings. The van der Waals surface area contributed by atoms with E-state index in [0.717, 1.165) is 6.07 Å². The van der Waals surface area contributed by atoms with Crippen molar-refractivity contribution < 1.29 is 24.5 Å². The molecule has 7 heteroatoms. The molecule has 114 valence electrons. The fraction of sp³-hybridized carbons (Fsp3) is 0.0667. The molecule has 0 saturated heterocycles. The summed E-state index contributed by atoms with van der Waals surface area (Å²) in [5.41, 5.74) is 0.213. The van der Waals surface area contributed by atoms with Gasteiger partial charge in [-0.15, -0.1) is 0 Å². The van der Waals surface area contributed by atoms with Crippen LogP contribution in [0.2, 0.25) is 5.02 Å². The van der Waals surface area contributed by atoms with Crippen LogP contribution in [0.4, 0.5) is 5.69 Å². The first-order valence-corrected chi connectivity index (χ1v) is 6.51. The van der Waals surface area contributed by atoms with Crippen LogP contribution in [0.3, 0.4) is 0 Å². The van der Waals surface area contributed by atoms with E-state index in [1.807, 2.05) is 0 Å². The molecule has 0 saturated carbocycles. The van der Waals surface area contributed by atoms with Gasteiger partial charge in [-0.2, -0.15) is 0 Å². The summed E-state index contributed by atoms with van der Waals surface area (Å²) in [7, 11) is 1.42. The second-order valence-electron chi connectivity index (χ2n) is 4.34. The normalized spacial score (nSPS) is 10.1. The van der Waals surface area contributed by atoms with Gasteiger partial charge in [0, 0.05) is 16.8 Å². The van der Waals surface area contributed by atoms with Crippen LogP contribution in [0.5, 0.6) is 11.5 Å². The zero-order chi connectivity index (χ0) is 16.3. The van der Waals surface area contributed by atoms with E-state index in [1.54, 1.807) is 12.1 Å². The highest BCUT2D eigenvalue weighted by Crippen LogP contribution is 2.26. The molecular weight excluding hydrogens is 310 g/mol. The second kappa shape index (κ2) is 6.36. The number of nitrogens with one attached hydrogen (secondary N) is 1. The molecule has 22 heavy (non-hydrogen) atoms. The fourth-order valence-corrected chi connectivity index (χ4v) is 2.02. The molecule has 6 nitrogen and oxygen atoms in total. The van der Waals surface area contributed by atoms with Gasteiger partial charge in [0.2, 0.25) is 0 Å². The third-order valence-electron chi connectivity index (χ3n) is 2.89. The van der Waals surface area contributed by atoms with Crippen molar-refractivity contribution in [2.75, 3.05) is 12.4 Å². The Hall–Kier alpha value is -2.73. The summed E-state index contributed by atoms with van der Waals surface area (Å²) in [6, 6.07) is 8.31. The molecule has 2 aromatic carbocycles. The van der Waals surface area contributed by atoms with Gasteiger partial charge in [-0.05, 0) is 30.3 Å². The largest absolute Gasteiger partial charge is 0.507 e. The zero-order valence-corrected chi connectivity index (χ0v) is 12.2. The number of aromatic hydroxyl groups is 1. The number of hydrogen-bond donors (Lipinski definition) is 3. The van der Waals surface area contributed by atoms with Crippen molar-refractivity contribution in [2.24, 2.45) is 0 Å². The average molecular weight is 322 g/mol. The summed E-state index contributed by atoms with van der Waals surface area (Å²) in [4.78, 5) is 23.0. The Bertz CT molecular complexity index is 745. The van der Waals surface area contributed by atoms with E-state index in [2.05, 4.69) is 5.32 Å². The average Bonchev–Trinajstić information content (AvgIpc) is 2.46. The number of amides is 1. The molecule has 3 N–H and O–H groups in total. The number of methoxy groups -OCH3 is 1. The SMILES string of the molecule is COc1ccc(Cl)cc1C(=O)Nc1ccc(C(=O)O)c(O)c1. The third kappa shape index (κ3) is 3.29. The molecule has 0 fully saturated rings. The smallest absolute Gasteiger partial charge is 0.339 e. The van der Waals surface area contributed by atoms with Crippen LogP contribution < -0.4 is 10.1 Å². The summed E-state index contributed by atoms with van der Waals surface area (Å²) < 4.78 is 5.09. The first-order valence-electron chi connectivity index (χ1n) is 6.13. The Labute approximate surface area is 130 Å². The number of ether oxygens (including phenoxy) is 1. The number of carbonyl (C=O) groups is 2. The zero-order valence-electron chi connectivity index (χ0n) is 11.5. The third-order valence-corrected chi connectivity index (χ3v) is 3.13. The van der Waals surface area contributed by atoms with Crippen molar-refractivity contribution in [1.82, 2.24) is 0 Å². The lowest BCUT2D eigenvalue weighted by Crippen LogP contribution is -2.13. The van der Waals surface area contributed by atoms with E-state index in [4.69, 9.17) is 21.4 Å². The summed E-state index contributed by atoms with van der Waals surface area (Å²) >= 11 is 5.86. The highest BCUT2D eigenvalue weighted by atomic mass is 35.5. The highest BCUT2D eigenvalue weighted by molar-refractivity contribution is 6.31. The van der Waals surface area contributed by atoms with Crippen LogP contribution in [0.15, 0.2) is 36.4 Å². The van der Waals surface area contributed by atoms with E-state index >= 15 is 0 Å². The number of carbonyl (C=O) groups excluding carboxylic acids is 1. The Morgan fingerprint density at radius 1 is 1.14 bits per heavy atom. The molecule has 0 aliphatic heterocycles. The molecule has 2 aromatic rings. The van der Waals surface area contributed by atoms with Crippen molar-refractivity contribution in [3.05, 3.63) is 52.5 Å². The van der Waals surface area contributed by atoms with Crippen molar-refractivity contribution in [1.29, 1.82) is 0 Å². The topological polar surface area (TPSA) is 95.9 Å². The van der Waals surface area contributed by atoms with Gasteiger partial charge in [0.1, 0.15) is 17.1 Å². The van der Waals surface area contributed by atoms with Crippen LogP contribution in [-0.2, 0) is 0 Å². The Kier molecular flexibility index (Phi) is 4.53. The predicted octanol–water partition coefficient (Wildman–Crippen LogP) is 3.00. The van der Waals surface area contributed by atoms with E-state index in [-0.39, 0.29) is 16.8 Å².